The molecule has 1 aliphatic rings. The Morgan fingerprint density at radius 2 is 2.27 bits per heavy atom. The highest BCUT2D eigenvalue weighted by atomic mass is 32.1. The maximum absolute atomic E-state index is 13.7. The Kier molecular flexibility index (Phi) is 3.84. The lowest BCUT2D eigenvalue weighted by Gasteiger charge is -2.22. The van der Waals surface area contributed by atoms with Gasteiger partial charge in [-0.05, 0) is 23.3 Å². The standard InChI is InChI=1S/C18H14FN3O3S/c1-22-8-10(7-20-22)12-6-13(23)21-15-14(9-3-2-4-11(19)5-9)17(18(24)25)26-16(12)15/h2-5,7-8,12H,6H2,1H3,(H,21,23)(H,24,25)/t12-/m1/s1. The molecule has 1 amide bonds. The normalized spacial score (nSPS) is 16.2. The van der Waals surface area contributed by atoms with Crippen LogP contribution in [-0.2, 0) is 11.8 Å². The first-order chi connectivity index (χ1) is 12.4. The van der Waals surface area contributed by atoms with Crippen LogP contribution in [0.1, 0.15) is 32.5 Å². The number of amides is 1. The molecule has 26 heavy (non-hydrogen) atoms. The molecule has 3 heterocycles. The zero-order valence-corrected chi connectivity index (χ0v) is 14.5. The number of carboxylic acid groups (broad SMARTS) is 1. The first-order valence-electron chi connectivity index (χ1n) is 7.88. The van der Waals surface area contributed by atoms with Gasteiger partial charge >= 0.3 is 5.97 Å². The maximum Gasteiger partial charge on any atom is 0.346 e. The number of carbonyl (C=O) groups is 2. The van der Waals surface area contributed by atoms with Crippen LogP contribution in [0.15, 0.2) is 36.7 Å². The minimum absolute atomic E-state index is 0.0803. The van der Waals surface area contributed by atoms with E-state index in [9.17, 15) is 19.1 Å². The number of anilines is 1. The van der Waals surface area contributed by atoms with Gasteiger partial charge in [0.05, 0.1) is 11.9 Å². The summed E-state index contributed by atoms with van der Waals surface area (Å²) in [4.78, 5) is 24.9. The Bertz CT molecular complexity index is 1040. The number of halogens is 1. The summed E-state index contributed by atoms with van der Waals surface area (Å²) in [7, 11) is 1.78. The monoisotopic (exact) mass is 371 g/mol. The molecule has 1 aromatic carbocycles. The third kappa shape index (κ3) is 2.68. The maximum atomic E-state index is 13.7. The van der Waals surface area contributed by atoms with Gasteiger partial charge in [0, 0.05) is 36.0 Å². The lowest BCUT2D eigenvalue weighted by Crippen LogP contribution is -2.22. The fraction of sp³-hybridized carbons (Fsp3) is 0.167. The van der Waals surface area contributed by atoms with Crippen molar-refractivity contribution in [1.29, 1.82) is 0 Å². The van der Waals surface area contributed by atoms with Crippen molar-refractivity contribution in [2.75, 3.05) is 5.32 Å². The molecule has 0 bridgehead atoms. The van der Waals surface area contributed by atoms with E-state index in [1.165, 1.54) is 18.2 Å². The van der Waals surface area contributed by atoms with Crippen molar-refractivity contribution in [3.8, 4) is 11.1 Å². The first kappa shape index (κ1) is 16.5. The van der Waals surface area contributed by atoms with E-state index < -0.39 is 11.8 Å². The number of thiophene rings is 1. The van der Waals surface area contributed by atoms with E-state index in [4.69, 9.17) is 0 Å². The van der Waals surface area contributed by atoms with Crippen LogP contribution in [0.5, 0.6) is 0 Å². The van der Waals surface area contributed by atoms with Crippen LogP contribution in [0.4, 0.5) is 10.1 Å². The number of rotatable bonds is 3. The molecular weight excluding hydrogens is 357 g/mol. The fourth-order valence-electron chi connectivity index (χ4n) is 3.25. The van der Waals surface area contributed by atoms with E-state index >= 15 is 0 Å². The molecule has 0 fully saturated rings. The number of hydrogen-bond acceptors (Lipinski definition) is 4. The number of aromatic nitrogens is 2. The highest BCUT2D eigenvalue weighted by Crippen LogP contribution is 2.49. The molecule has 6 nitrogen and oxygen atoms in total. The zero-order chi connectivity index (χ0) is 18.4. The van der Waals surface area contributed by atoms with E-state index in [2.05, 4.69) is 10.4 Å². The predicted octanol–water partition coefficient (Wildman–Crippen LogP) is 3.46. The Morgan fingerprint density at radius 1 is 1.46 bits per heavy atom. The summed E-state index contributed by atoms with van der Waals surface area (Å²) < 4.78 is 15.3. The third-order valence-electron chi connectivity index (χ3n) is 4.34. The lowest BCUT2D eigenvalue weighted by molar-refractivity contribution is -0.116. The number of aryl methyl sites for hydroxylation is 1. The number of nitrogens with zero attached hydrogens (tertiary/aromatic N) is 2. The van der Waals surface area contributed by atoms with E-state index in [1.54, 1.807) is 24.0 Å². The summed E-state index contributed by atoms with van der Waals surface area (Å²) in [5.74, 6) is -2.07. The van der Waals surface area contributed by atoms with Gasteiger partial charge < -0.3 is 10.4 Å². The van der Waals surface area contributed by atoms with E-state index in [0.717, 1.165) is 21.8 Å². The Morgan fingerprint density at radius 3 is 2.92 bits per heavy atom. The average Bonchev–Trinajstić information content (AvgIpc) is 3.18. The van der Waals surface area contributed by atoms with Crippen molar-refractivity contribution in [2.24, 2.45) is 7.05 Å². The van der Waals surface area contributed by atoms with Gasteiger partial charge in [0.15, 0.2) is 0 Å². The summed E-state index contributed by atoms with van der Waals surface area (Å²) in [5, 5.41) is 16.6. The molecule has 2 N–H and O–H groups in total. The van der Waals surface area contributed by atoms with Gasteiger partial charge in [0.2, 0.25) is 5.91 Å². The van der Waals surface area contributed by atoms with Crippen LogP contribution in [0.3, 0.4) is 0 Å². The highest BCUT2D eigenvalue weighted by molar-refractivity contribution is 7.15. The molecule has 132 valence electrons. The van der Waals surface area contributed by atoms with Gasteiger partial charge in [0.1, 0.15) is 10.7 Å². The molecule has 2 aromatic heterocycles. The van der Waals surface area contributed by atoms with Crippen LogP contribution >= 0.6 is 11.3 Å². The van der Waals surface area contributed by atoms with E-state index in [1.807, 2.05) is 6.20 Å². The van der Waals surface area contributed by atoms with E-state index in [0.29, 0.717) is 16.8 Å². The molecule has 0 saturated carbocycles. The Labute approximate surface area is 151 Å². The minimum Gasteiger partial charge on any atom is -0.477 e. The number of nitrogens with one attached hydrogen (secondary N) is 1. The van der Waals surface area contributed by atoms with Crippen molar-refractivity contribution in [3.05, 3.63) is 57.8 Å². The molecule has 1 atom stereocenters. The van der Waals surface area contributed by atoms with Crippen LogP contribution in [0.2, 0.25) is 0 Å². The number of carbonyl (C=O) groups excluding carboxylic acids is 1. The number of fused-ring (bicyclic) bond motifs is 1. The summed E-state index contributed by atoms with van der Waals surface area (Å²) in [6, 6.07) is 5.72. The fourth-order valence-corrected chi connectivity index (χ4v) is 4.49. The van der Waals surface area contributed by atoms with Gasteiger partial charge in [-0.2, -0.15) is 5.10 Å². The van der Waals surface area contributed by atoms with E-state index in [-0.39, 0.29) is 23.1 Å². The molecule has 3 aromatic rings. The zero-order valence-electron chi connectivity index (χ0n) is 13.7. The van der Waals surface area contributed by atoms with Gasteiger partial charge in [-0.25, -0.2) is 9.18 Å². The number of benzene rings is 1. The van der Waals surface area contributed by atoms with Crippen LogP contribution < -0.4 is 5.32 Å². The van der Waals surface area contributed by atoms with Crippen molar-refractivity contribution in [3.63, 3.8) is 0 Å². The third-order valence-corrected chi connectivity index (χ3v) is 5.63. The second kappa shape index (κ2) is 6.06. The van der Waals surface area contributed by atoms with Gasteiger partial charge in [-0.15, -0.1) is 11.3 Å². The Hall–Kier alpha value is -3.00. The molecule has 4 rings (SSSR count). The summed E-state index contributed by atoms with van der Waals surface area (Å²) in [6.45, 7) is 0. The SMILES string of the molecule is Cn1cc([C@H]2CC(=O)Nc3c2sc(C(=O)O)c3-c2cccc(F)c2)cn1. The van der Waals surface area contributed by atoms with Crippen molar-refractivity contribution >= 4 is 28.9 Å². The number of carboxylic acids is 1. The molecule has 8 heteroatoms. The van der Waals surface area contributed by atoms with Crippen molar-refractivity contribution in [1.82, 2.24) is 9.78 Å². The molecule has 0 aliphatic carbocycles. The quantitative estimate of drug-likeness (QED) is 0.738. The van der Waals surface area contributed by atoms with Crippen LogP contribution in [0, 0.1) is 5.82 Å². The molecular formula is C18H14FN3O3S. The van der Waals surface area contributed by atoms with Crippen LogP contribution in [0.25, 0.3) is 11.1 Å². The van der Waals surface area contributed by atoms with Crippen molar-refractivity contribution in [2.45, 2.75) is 12.3 Å². The smallest absolute Gasteiger partial charge is 0.346 e. The lowest BCUT2D eigenvalue weighted by atomic mass is 9.90. The molecule has 1 aliphatic heterocycles. The second-order valence-corrected chi connectivity index (χ2v) is 7.17. The predicted molar refractivity (Wildman–Crippen MR) is 95.0 cm³/mol. The largest absolute Gasteiger partial charge is 0.477 e. The van der Waals surface area contributed by atoms with Crippen molar-refractivity contribution < 1.29 is 19.1 Å². The molecule has 0 radical (unpaired) electrons. The first-order valence-corrected chi connectivity index (χ1v) is 8.70. The summed E-state index contributed by atoms with van der Waals surface area (Å²) >= 11 is 1.11. The van der Waals surface area contributed by atoms with Gasteiger partial charge in [0.25, 0.3) is 0 Å². The number of aromatic carboxylic acids is 1. The molecule has 0 saturated heterocycles. The second-order valence-electron chi connectivity index (χ2n) is 6.11. The minimum atomic E-state index is -1.11. The van der Waals surface area contributed by atoms with Gasteiger partial charge in [-0.3, -0.25) is 9.48 Å². The Balaban J connectivity index is 1.95. The topological polar surface area (TPSA) is 84.2 Å². The number of hydrogen-bond donors (Lipinski definition) is 2. The molecule has 0 spiro atoms. The summed E-state index contributed by atoms with van der Waals surface area (Å²) in [6.07, 6.45) is 3.70. The highest BCUT2D eigenvalue weighted by Gasteiger charge is 2.35. The average molecular weight is 371 g/mol. The van der Waals surface area contributed by atoms with Gasteiger partial charge in [-0.1, -0.05) is 12.1 Å². The van der Waals surface area contributed by atoms with Crippen LogP contribution in [-0.4, -0.2) is 26.8 Å². The summed E-state index contributed by atoms with van der Waals surface area (Å²) in [5.41, 5.74) is 2.06. The molecule has 0 unspecified atom stereocenters.